The lowest BCUT2D eigenvalue weighted by Crippen LogP contribution is -2.04. The van der Waals surface area contributed by atoms with Crippen LogP contribution in [0, 0.1) is 6.92 Å². The van der Waals surface area contributed by atoms with E-state index in [1.54, 1.807) is 0 Å². The molecule has 0 aliphatic rings. The van der Waals surface area contributed by atoms with E-state index in [0.717, 1.165) is 22.6 Å². The fraction of sp³-hybridized carbons (Fsp3) is 0.333. The Balaban J connectivity index is 2.32. The van der Waals surface area contributed by atoms with Crippen molar-refractivity contribution in [1.82, 2.24) is 9.97 Å². The molecule has 2 rings (SSSR count). The molecule has 0 radical (unpaired) electrons. The van der Waals surface area contributed by atoms with E-state index in [-0.39, 0.29) is 0 Å². The minimum absolute atomic E-state index is 0.380. The summed E-state index contributed by atoms with van der Waals surface area (Å²) in [7, 11) is 0. The van der Waals surface area contributed by atoms with Crippen molar-refractivity contribution in [2.45, 2.75) is 32.6 Å². The van der Waals surface area contributed by atoms with Gasteiger partial charge in [0.05, 0.1) is 0 Å². The van der Waals surface area contributed by atoms with Gasteiger partial charge in [0.1, 0.15) is 0 Å². The summed E-state index contributed by atoms with van der Waals surface area (Å²) in [6.45, 7) is 6.22. The van der Waals surface area contributed by atoms with Crippen LogP contribution < -0.4 is 5.32 Å². The predicted octanol–water partition coefficient (Wildman–Crippen LogP) is 4.39. The Hall–Kier alpha value is -1.61. The van der Waals surface area contributed by atoms with Gasteiger partial charge in [-0.1, -0.05) is 32.0 Å². The van der Waals surface area contributed by atoms with Crippen molar-refractivity contribution in [1.29, 1.82) is 0 Å². The predicted molar refractivity (Wildman–Crippen MR) is 80.1 cm³/mol. The highest BCUT2D eigenvalue weighted by molar-refractivity contribution is 6.17. The number of aromatic nitrogens is 2. The Morgan fingerprint density at radius 3 is 2.63 bits per heavy atom. The van der Waals surface area contributed by atoms with Crippen molar-refractivity contribution in [2.75, 3.05) is 5.32 Å². The van der Waals surface area contributed by atoms with Crippen LogP contribution in [0.15, 0.2) is 30.3 Å². The molecule has 3 nitrogen and oxygen atoms in total. The number of nitrogens with zero attached hydrogens (tertiary/aromatic N) is 2. The van der Waals surface area contributed by atoms with Crippen LogP contribution in [0.1, 0.15) is 36.7 Å². The second kappa shape index (κ2) is 6.02. The minimum Gasteiger partial charge on any atom is -0.324 e. The van der Waals surface area contributed by atoms with Gasteiger partial charge in [-0.3, -0.25) is 0 Å². The number of halogens is 1. The highest BCUT2D eigenvalue weighted by Crippen LogP contribution is 2.22. The van der Waals surface area contributed by atoms with E-state index in [2.05, 4.69) is 29.1 Å². The monoisotopic (exact) mass is 275 g/mol. The van der Waals surface area contributed by atoms with Gasteiger partial charge in [0, 0.05) is 23.0 Å². The zero-order valence-electron chi connectivity index (χ0n) is 11.4. The summed E-state index contributed by atoms with van der Waals surface area (Å²) in [5, 5.41) is 3.25. The Labute approximate surface area is 119 Å². The lowest BCUT2D eigenvalue weighted by molar-refractivity contribution is 0.812. The number of hydrogen-bond acceptors (Lipinski definition) is 3. The van der Waals surface area contributed by atoms with Crippen molar-refractivity contribution >= 4 is 23.2 Å². The molecule has 0 aliphatic carbocycles. The molecule has 2 aromatic rings. The molecule has 0 amide bonds. The van der Waals surface area contributed by atoms with Crippen LogP contribution in [0.3, 0.4) is 0 Å². The van der Waals surface area contributed by atoms with Crippen LogP contribution in [0.4, 0.5) is 11.6 Å². The van der Waals surface area contributed by atoms with E-state index < -0.39 is 0 Å². The van der Waals surface area contributed by atoms with Gasteiger partial charge in [0.2, 0.25) is 5.95 Å². The van der Waals surface area contributed by atoms with E-state index >= 15 is 0 Å². The normalized spacial score (nSPS) is 10.8. The molecular formula is C15H18ClN3. The average molecular weight is 276 g/mol. The van der Waals surface area contributed by atoms with Crippen molar-refractivity contribution < 1.29 is 0 Å². The van der Waals surface area contributed by atoms with Crippen LogP contribution in [-0.2, 0) is 5.88 Å². The van der Waals surface area contributed by atoms with E-state index in [9.17, 15) is 0 Å². The molecule has 1 aromatic heterocycles. The first-order valence-corrected chi connectivity index (χ1v) is 6.90. The molecule has 0 atom stereocenters. The number of alkyl halides is 1. The molecule has 0 saturated carbocycles. The molecule has 1 heterocycles. The number of hydrogen-bond donors (Lipinski definition) is 1. The third kappa shape index (κ3) is 3.44. The first-order chi connectivity index (χ1) is 9.10. The van der Waals surface area contributed by atoms with E-state index in [4.69, 9.17) is 11.6 Å². The first-order valence-electron chi connectivity index (χ1n) is 6.36. The Kier molecular flexibility index (Phi) is 4.38. The topological polar surface area (TPSA) is 37.8 Å². The standard InChI is InChI=1S/C15H18ClN3/c1-10(2)14-8-11(3)17-15(19-14)18-13-7-5-4-6-12(13)9-16/h4-8,10H,9H2,1-3H3,(H,17,18,19). The van der Waals surface area contributed by atoms with Crippen LogP contribution >= 0.6 is 11.6 Å². The quantitative estimate of drug-likeness (QED) is 0.841. The fourth-order valence-corrected chi connectivity index (χ4v) is 2.06. The second-order valence-corrected chi connectivity index (χ2v) is 5.10. The maximum atomic E-state index is 5.93. The molecule has 0 aliphatic heterocycles. The molecule has 0 bridgehead atoms. The lowest BCUT2D eigenvalue weighted by atomic mass is 10.1. The third-order valence-corrected chi connectivity index (χ3v) is 3.16. The fourth-order valence-electron chi connectivity index (χ4n) is 1.82. The summed E-state index contributed by atoms with van der Waals surface area (Å²) in [5.41, 5.74) is 4.00. The lowest BCUT2D eigenvalue weighted by Gasteiger charge is -2.12. The number of nitrogens with one attached hydrogen (secondary N) is 1. The van der Waals surface area contributed by atoms with E-state index in [0.29, 0.717) is 17.7 Å². The van der Waals surface area contributed by atoms with E-state index in [1.807, 2.05) is 37.3 Å². The summed E-state index contributed by atoms with van der Waals surface area (Å²) >= 11 is 5.93. The molecule has 0 saturated heterocycles. The Bertz CT molecular complexity index is 567. The first kappa shape index (κ1) is 13.8. The molecule has 0 fully saturated rings. The van der Waals surface area contributed by atoms with Gasteiger partial charge in [-0.05, 0) is 30.5 Å². The van der Waals surface area contributed by atoms with Crippen LogP contribution in [0.5, 0.6) is 0 Å². The number of aryl methyl sites for hydroxylation is 1. The van der Waals surface area contributed by atoms with Crippen LogP contribution in [0.2, 0.25) is 0 Å². The largest absolute Gasteiger partial charge is 0.324 e. The van der Waals surface area contributed by atoms with E-state index in [1.165, 1.54) is 0 Å². The SMILES string of the molecule is Cc1cc(C(C)C)nc(Nc2ccccc2CCl)n1. The van der Waals surface area contributed by atoms with Gasteiger partial charge in [-0.25, -0.2) is 9.97 Å². The summed E-state index contributed by atoms with van der Waals surface area (Å²) in [4.78, 5) is 8.96. The van der Waals surface area contributed by atoms with Gasteiger partial charge >= 0.3 is 0 Å². The van der Waals surface area contributed by atoms with Gasteiger partial charge in [-0.15, -0.1) is 11.6 Å². The van der Waals surface area contributed by atoms with Gasteiger partial charge in [0.25, 0.3) is 0 Å². The van der Waals surface area contributed by atoms with Crippen molar-refractivity contribution in [3.63, 3.8) is 0 Å². The highest BCUT2D eigenvalue weighted by Gasteiger charge is 2.07. The second-order valence-electron chi connectivity index (χ2n) is 4.83. The number of benzene rings is 1. The maximum Gasteiger partial charge on any atom is 0.227 e. The smallest absolute Gasteiger partial charge is 0.227 e. The van der Waals surface area contributed by atoms with Crippen molar-refractivity contribution in [3.05, 3.63) is 47.3 Å². The molecule has 0 spiro atoms. The average Bonchev–Trinajstić information content (AvgIpc) is 2.38. The summed E-state index contributed by atoms with van der Waals surface area (Å²) in [5.74, 6) is 1.47. The van der Waals surface area contributed by atoms with Gasteiger partial charge < -0.3 is 5.32 Å². The maximum absolute atomic E-state index is 5.93. The Morgan fingerprint density at radius 1 is 1.21 bits per heavy atom. The number of rotatable bonds is 4. The molecule has 100 valence electrons. The third-order valence-electron chi connectivity index (χ3n) is 2.87. The number of para-hydroxylation sites is 1. The molecule has 0 unspecified atom stereocenters. The molecule has 4 heteroatoms. The molecule has 19 heavy (non-hydrogen) atoms. The van der Waals surface area contributed by atoms with Crippen LogP contribution in [0.25, 0.3) is 0 Å². The zero-order valence-corrected chi connectivity index (χ0v) is 12.2. The minimum atomic E-state index is 0.380. The Morgan fingerprint density at radius 2 is 1.95 bits per heavy atom. The van der Waals surface area contributed by atoms with Gasteiger partial charge in [-0.2, -0.15) is 0 Å². The zero-order chi connectivity index (χ0) is 13.8. The van der Waals surface area contributed by atoms with Crippen molar-refractivity contribution in [2.24, 2.45) is 0 Å². The summed E-state index contributed by atoms with van der Waals surface area (Å²) in [6.07, 6.45) is 0. The summed E-state index contributed by atoms with van der Waals surface area (Å²) in [6, 6.07) is 9.94. The van der Waals surface area contributed by atoms with Crippen molar-refractivity contribution in [3.8, 4) is 0 Å². The summed E-state index contributed by atoms with van der Waals surface area (Å²) < 4.78 is 0. The number of anilines is 2. The highest BCUT2D eigenvalue weighted by atomic mass is 35.5. The molecule has 1 aromatic carbocycles. The van der Waals surface area contributed by atoms with Gasteiger partial charge in [0.15, 0.2) is 0 Å². The molecule has 1 N–H and O–H groups in total. The molecular weight excluding hydrogens is 258 g/mol. The van der Waals surface area contributed by atoms with Crippen LogP contribution in [-0.4, -0.2) is 9.97 Å².